The monoisotopic (exact) mass is 294 g/mol. The smallest absolute Gasteiger partial charge is 0.332 e. The predicted molar refractivity (Wildman–Crippen MR) is 76.4 cm³/mol. The Morgan fingerprint density at radius 2 is 1.76 bits per heavy atom. The van der Waals surface area contributed by atoms with Gasteiger partial charge in [0.05, 0.1) is 0 Å². The second-order valence-electron chi connectivity index (χ2n) is 5.07. The van der Waals surface area contributed by atoms with E-state index in [2.05, 4.69) is 4.98 Å². The van der Waals surface area contributed by atoms with E-state index in [1.54, 1.807) is 18.7 Å². The zero-order valence-electron chi connectivity index (χ0n) is 12.3. The second kappa shape index (κ2) is 5.55. The number of rotatable bonds is 5. The van der Waals surface area contributed by atoms with Crippen LogP contribution in [0.4, 0.5) is 0 Å². The molecule has 2 rings (SSSR count). The van der Waals surface area contributed by atoms with Gasteiger partial charge in [0.2, 0.25) is 0 Å². The summed E-state index contributed by atoms with van der Waals surface area (Å²) < 4.78 is 4.08. The summed E-state index contributed by atoms with van der Waals surface area (Å²) in [6.07, 6.45) is 1.90. The molecule has 2 aromatic heterocycles. The van der Waals surface area contributed by atoms with Crippen molar-refractivity contribution >= 4 is 17.1 Å². The first-order valence-corrected chi connectivity index (χ1v) is 6.67. The molecular weight excluding hydrogens is 276 g/mol. The highest BCUT2D eigenvalue weighted by Crippen LogP contribution is 2.11. The lowest BCUT2D eigenvalue weighted by molar-refractivity contribution is -0.137. The third kappa shape index (κ3) is 2.61. The van der Waals surface area contributed by atoms with Crippen LogP contribution in [0.1, 0.15) is 25.1 Å². The summed E-state index contributed by atoms with van der Waals surface area (Å²) in [5, 5.41) is 8.61. The van der Waals surface area contributed by atoms with E-state index in [9.17, 15) is 14.4 Å². The fourth-order valence-electron chi connectivity index (χ4n) is 2.35. The molecule has 1 N–H and O–H groups in total. The number of carboxylic acid groups (broad SMARTS) is 1. The highest BCUT2D eigenvalue weighted by molar-refractivity contribution is 5.70. The Bertz CT molecular complexity index is 812. The maximum Gasteiger partial charge on any atom is 0.332 e. The summed E-state index contributed by atoms with van der Waals surface area (Å²) in [6.45, 7) is 0. The molecule has 0 radical (unpaired) electrons. The van der Waals surface area contributed by atoms with Gasteiger partial charge in [-0.2, -0.15) is 0 Å². The van der Waals surface area contributed by atoms with Crippen molar-refractivity contribution in [3.8, 4) is 0 Å². The second-order valence-corrected chi connectivity index (χ2v) is 5.07. The number of aromatic nitrogens is 4. The molecule has 2 aromatic rings. The van der Waals surface area contributed by atoms with E-state index in [-0.39, 0.29) is 12.0 Å². The Balaban J connectivity index is 2.40. The predicted octanol–water partition coefficient (Wildman–Crippen LogP) is -0.232. The minimum absolute atomic E-state index is 0.115. The summed E-state index contributed by atoms with van der Waals surface area (Å²) >= 11 is 0. The van der Waals surface area contributed by atoms with Crippen molar-refractivity contribution in [3.05, 3.63) is 26.7 Å². The first-order valence-electron chi connectivity index (χ1n) is 6.67. The number of nitrogens with zero attached hydrogens (tertiary/aromatic N) is 4. The quantitative estimate of drug-likeness (QED) is 0.768. The lowest BCUT2D eigenvalue weighted by Crippen LogP contribution is -2.37. The number of hydrogen-bond donors (Lipinski definition) is 1. The van der Waals surface area contributed by atoms with Gasteiger partial charge in [0.1, 0.15) is 5.82 Å². The Hall–Kier alpha value is -2.38. The van der Waals surface area contributed by atoms with Gasteiger partial charge in [0.15, 0.2) is 11.2 Å². The molecule has 2 heterocycles. The zero-order chi connectivity index (χ0) is 15.7. The maximum absolute atomic E-state index is 12.2. The minimum Gasteiger partial charge on any atom is -0.481 e. The lowest BCUT2D eigenvalue weighted by atomic mass is 10.2. The van der Waals surface area contributed by atoms with E-state index < -0.39 is 11.7 Å². The molecule has 0 aliphatic carbocycles. The fourth-order valence-corrected chi connectivity index (χ4v) is 2.35. The summed E-state index contributed by atoms with van der Waals surface area (Å²) in [5.74, 6) is -0.148. The first-order chi connectivity index (χ1) is 9.84. The molecule has 0 aliphatic heterocycles. The SMILES string of the molecule is Cn1c(=O)c2c(nc(CCCCC(=O)O)n2C)n(C)c1=O. The number of aryl methyl sites for hydroxylation is 3. The van der Waals surface area contributed by atoms with Crippen molar-refractivity contribution in [1.29, 1.82) is 0 Å². The van der Waals surface area contributed by atoms with Crippen molar-refractivity contribution in [2.24, 2.45) is 21.1 Å². The third-order valence-electron chi connectivity index (χ3n) is 3.61. The number of unbranched alkanes of at least 4 members (excludes halogenated alkanes) is 1. The third-order valence-corrected chi connectivity index (χ3v) is 3.61. The molecular formula is C13H18N4O4. The van der Waals surface area contributed by atoms with Crippen LogP contribution in [0.15, 0.2) is 9.59 Å². The van der Waals surface area contributed by atoms with Crippen LogP contribution < -0.4 is 11.2 Å². The number of fused-ring (bicyclic) bond motifs is 1. The van der Waals surface area contributed by atoms with Crippen molar-refractivity contribution in [3.63, 3.8) is 0 Å². The van der Waals surface area contributed by atoms with E-state index in [1.807, 2.05) is 0 Å². The number of imidazole rings is 1. The minimum atomic E-state index is -0.823. The molecule has 0 unspecified atom stereocenters. The molecule has 0 bridgehead atoms. The van der Waals surface area contributed by atoms with Gasteiger partial charge < -0.3 is 9.67 Å². The molecule has 8 nitrogen and oxygen atoms in total. The van der Waals surface area contributed by atoms with Crippen molar-refractivity contribution in [1.82, 2.24) is 18.7 Å². The van der Waals surface area contributed by atoms with Crippen LogP contribution in [0, 0.1) is 0 Å². The van der Waals surface area contributed by atoms with Gasteiger partial charge in [-0.1, -0.05) is 0 Å². The summed E-state index contributed by atoms with van der Waals surface area (Å²) in [7, 11) is 4.74. The molecule has 114 valence electrons. The van der Waals surface area contributed by atoms with E-state index in [0.29, 0.717) is 36.3 Å². The molecule has 0 spiro atoms. The van der Waals surface area contributed by atoms with Gasteiger partial charge in [-0.15, -0.1) is 0 Å². The van der Waals surface area contributed by atoms with Crippen LogP contribution in [0.25, 0.3) is 11.2 Å². The van der Waals surface area contributed by atoms with Crippen molar-refractivity contribution in [2.45, 2.75) is 25.7 Å². The van der Waals surface area contributed by atoms with E-state index in [4.69, 9.17) is 5.11 Å². The van der Waals surface area contributed by atoms with Gasteiger partial charge in [-0.05, 0) is 12.8 Å². The van der Waals surface area contributed by atoms with Crippen molar-refractivity contribution < 1.29 is 9.90 Å². The van der Waals surface area contributed by atoms with Gasteiger partial charge >= 0.3 is 11.7 Å². The Morgan fingerprint density at radius 3 is 2.38 bits per heavy atom. The fraction of sp³-hybridized carbons (Fsp3) is 0.538. The van der Waals surface area contributed by atoms with Gasteiger partial charge in [0.25, 0.3) is 5.56 Å². The topological polar surface area (TPSA) is 99.1 Å². The summed E-state index contributed by atoms with van der Waals surface area (Å²) in [5.41, 5.74) is -0.0467. The lowest BCUT2D eigenvalue weighted by Gasteiger charge is -2.03. The highest BCUT2D eigenvalue weighted by atomic mass is 16.4. The molecule has 0 saturated carbocycles. The average molecular weight is 294 g/mol. The normalized spacial score (nSPS) is 11.2. The summed E-state index contributed by atoms with van der Waals surface area (Å²) in [6, 6.07) is 0. The zero-order valence-corrected chi connectivity index (χ0v) is 12.3. The largest absolute Gasteiger partial charge is 0.481 e. The Labute approximate surface area is 120 Å². The molecule has 0 amide bonds. The van der Waals surface area contributed by atoms with Gasteiger partial charge in [-0.25, -0.2) is 9.78 Å². The molecule has 0 atom stereocenters. The molecule has 0 fully saturated rings. The van der Waals surface area contributed by atoms with Crippen LogP contribution in [-0.2, 0) is 32.4 Å². The molecule has 0 aromatic carbocycles. The van der Waals surface area contributed by atoms with E-state index >= 15 is 0 Å². The molecule has 8 heteroatoms. The van der Waals surface area contributed by atoms with Gasteiger partial charge in [0, 0.05) is 34.0 Å². The maximum atomic E-state index is 12.2. The highest BCUT2D eigenvalue weighted by Gasteiger charge is 2.16. The van der Waals surface area contributed by atoms with Gasteiger partial charge in [-0.3, -0.25) is 18.7 Å². The van der Waals surface area contributed by atoms with E-state index in [0.717, 1.165) is 4.57 Å². The Kier molecular flexibility index (Phi) is 3.97. The number of carbonyl (C=O) groups is 1. The number of hydrogen-bond acceptors (Lipinski definition) is 4. The van der Waals surface area contributed by atoms with Crippen LogP contribution in [-0.4, -0.2) is 29.8 Å². The summed E-state index contributed by atoms with van der Waals surface area (Å²) in [4.78, 5) is 38.9. The molecule has 0 saturated heterocycles. The number of carboxylic acids is 1. The van der Waals surface area contributed by atoms with Crippen LogP contribution >= 0.6 is 0 Å². The van der Waals surface area contributed by atoms with Crippen LogP contribution in [0.3, 0.4) is 0 Å². The molecule has 0 aliphatic rings. The first kappa shape index (κ1) is 15.0. The van der Waals surface area contributed by atoms with Crippen LogP contribution in [0.5, 0.6) is 0 Å². The van der Waals surface area contributed by atoms with E-state index in [1.165, 1.54) is 11.6 Å². The van der Waals surface area contributed by atoms with Crippen molar-refractivity contribution in [2.75, 3.05) is 0 Å². The number of aliphatic carboxylic acids is 1. The Morgan fingerprint density at radius 1 is 1.10 bits per heavy atom. The average Bonchev–Trinajstić information content (AvgIpc) is 2.76. The van der Waals surface area contributed by atoms with Crippen LogP contribution in [0.2, 0.25) is 0 Å². The molecule has 21 heavy (non-hydrogen) atoms. The standard InChI is InChI=1S/C13H18N4O4/c1-15-8(6-4-5-7-9(18)19)14-11-10(15)12(20)17(3)13(21)16(11)2/h4-7H2,1-3H3,(H,18,19).